The Balaban J connectivity index is 2.23. The Bertz CT molecular complexity index is 445. The van der Waals surface area contributed by atoms with Crippen LogP contribution in [0.1, 0.15) is 25.3 Å². The van der Waals surface area contributed by atoms with Gasteiger partial charge in [-0.1, -0.05) is 12.1 Å². The van der Waals surface area contributed by atoms with E-state index in [0.29, 0.717) is 12.8 Å². The van der Waals surface area contributed by atoms with Crippen molar-refractivity contribution in [3.05, 3.63) is 29.8 Å². The van der Waals surface area contributed by atoms with Crippen molar-refractivity contribution in [2.45, 2.75) is 32.8 Å². The summed E-state index contributed by atoms with van der Waals surface area (Å²) >= 11 is 0. The molecule has 5 heteroatoms. The van der Waals surface area contributed by atoms with Gasteiger partial charge < -0.3 is 15.2 Å². The highest BCUT2D eigenvalue weighted by Gasteiger charge is 2.10. The highest BCUT2D eigenvalue weighted by Crippen LogP contribution is 2.10. The molecule has 104 valence electrons. The first-order valence-electron chi connectivity index (χ1n) is 6.20. The van der Waals surface area contributed by atoms with Crippen molar-refractivity contribution in [3.63, 3.8) is 0 Å². The van der Waals surface area contributed by atoms with Gasteiger partial charge in [0.1, 0.15) is 0 Å². The number of carboxylic acid groups (broad SMARTS) is 1. The van der Waals surface area contributed by atoms with E-state index in [1.807, 2.05) is 31.2 Å². The molecule has 0 saturated carbocycles. The molecule has 1 atom stereocenters. The maximum atomic E-state index is 11.6. The van der Waals surface area contributed by atoms with Crippen LogP contribution in [0.5, 0.6) is 0 Å². The highest BCUT2D eigenvalue weighted by molar-refractivity contribution is 5.90. The normalized spacial score (nSPS) is 11.9. The maximum absolute atomic E-state index is 11.6. The van der Waals surface area contributed by atoms with Gasteiger partial charge in [0.05, 0.1) is 0 Å². The van der Waals surface area contributed by atoms with Gasteiger partial charge >= 0.3 is 5.97 Å². The van der Waals surface area contributed by atoms with E-state index in [4.69, 9.17) is 9.84 Å². The van der Waals surface area contributed by atoms with Crippen molar-refractivity contribution in [2.75, 3.05) is 11.9 Å². The molecule has 0 unspecified atom stereocenters. The lowest BCUT2D eigenvalue weighted by Crippen LogP contribution is -2.21. The third kappa shape index (κ3) is 6.01. The monoisotopic (exact) mass is 265 g/mol. The molecule has 0 heterocycles. The lowest BCUT2D eigenvalue weighted by molar-refractivity contribution is -0.149. The summed E-state index contributed by atoms with van der Waals surface area (Å²) in [5.74, 6) is -1.10. The molecule has 5 nitrogen and oxygen atoms in total. The average molecular weight is 265 g/mol. The molecule has 0 aliphatic heterocycles. The van der Waals surface area contributed by atoms with Crippen LogP contribution in [0.2, 0.25) is 0 Å². The number of ether oxygens (including phenoxy) is 1. The molecule has 0 radical (unpaired) electrons. The lowest BCUT2D eigenvalue weighted by Gasteiger charge is -2.08. The third-order valence-electron chi connectivity index (χ3n) is 2.57. The van der Waals surface area contributed by atoms with Crippen molar-refractivity contribution in [1.82, 2.24) is 0 Å². The summed E-state index contributed by atoms with van der Waals surface area (Å²) in [6, 6.07) is 7.55. The maximum Gasteiger partial charge on any atom is 0.332 e. The molecular weight excluding hydrogens is 246 g/mol. The van der Waals surface area contributed by atoms with E-state index < -0.39 is 12.1 Å². The zero-order valence-corrected chi connectivity index (χ0v) is 11.2. The molecule has 0 fully saturated rings. The molecule has 19 heavy (non-hydrogen) atoms. The molecular formula is C14H19NO4. The topological polar surface area (TPSA) is 75.6 Å². The van der Waals surface area contributed by atoms with E-state index in [0.717, 1.165) is 11.3 Å². The van der Waals surface area contributed by atoms with Gasteiger partial charge in [-0.3, -0.25) is 4.79 Å². The van der Waals surface area contributed by atoms with Crippen LogP contribution in [0.25, 0.3) is 0 Å². The Morgan fingerprint density at radius 1 is 1.42 bits per heavy atom. The van der Waals surface area contributed by atoms with Crippen molar-refractivity contribution in [2.24, 2.45) is 0 Å². The van der Waals surface area contributed by atoms with Gasteiger partial charge in [0, 0.05) is 18.7 Å². The van der Waals surface area contributed by atoms with Crippen LogP contribution in [-0.4, -0.2) is 29.7 Å². The van der Waals surface area contributed by atoms with Gasteiger partial charge in [-0.05, 0) is 38.0 Å². The first-order valence-corrected chi connectivity index (χ1v) is 6.20. The first-order chi connectivity index (χ1) is 8.99. The lowest BCUT2D eigenvalue weighted by atomic mass is 10.2. The fourth-order valence-corrected chi connectivity index (χ4v) is 1.51. The van der Waals surface area contributed by atoms with Crippen molar-refractivity contribution in [1.29, 1.82) is 0 Å². The summed E-state index contributed by atoms with van der Waals surface area (Å²) in [5.41, 5.74) is 1.85. The van der Waals surface area contributed by atoms with Gasteiger partial charge in [0.15, 0.2) is 6.10 Å². The summed E-state index contributed by atoms with van der Waals surface area (Å²) in [4.78, 5) is 22.1. The number of aliphatic carboxylic acids is 1. The predicted molar refractivity (Wildman–Crippen MR) is 72.1 cm³/mol. The summed E-state index contributed by atoms with van der Waals surface area (Å²) in [6.45, 7) is 3.68. The number of amides is 1. The fraction of sp³-hybridized carbons (Fsp3) is 0.429. The third-order valence-corrected chi connectivity index (χ3v) is 2.57. The number of carbonyl (C=O) groups is 2. The van der Waals surface area contributed by atoms with Crippen LogP contribution in [0.15, 0.2) is 24.3 Å². The van der Waals surface area contributed by atoms with Crippen molar-refractivity contribution < 1.29 is 19.4 Å². The van der Waals surface area contributed by atoms with Gasteiger partial charge in [-0.25, -0.2) is 4.79 Å². The molecule has 0 aliphatic carbocycles. The van der Waals surface area contributed by atoms with Crippen molar-refractivity contribution >= 4 is 17.6 Å². The van der Waals surface area contributed by atoms with Crippen LogP contribution >= 0.6 is 0 Å². The van der Waals surface area contributed by atoms with Gasteiger partial charge in [-0.2, -0.15) is 0 Å². The number of nitrogens with one attached hydrogen (secondary N) is 1. The summed E-state index contributed by atoms with van der Waals surface area (Å²) in [7, 11) is 0. The molecule has 1 aromatic carbocycles. The number of aryl methyl sites for hydroxylation is 1. The summed E-state index contributed by atoms with van der Waals surface area (Å²) in [5, 5.41) is 11.4. The predicted octanol–water partition coefficient (Wildman–Crippen LogP) is 2.20. The Labute approximate surface area is 112 Å². The zero-order valence-electron chi connectivity index (χ0n) is 11.2. The van der Waals surface area contributed by atoms with Gasteiger partial charge in [-0.15, -0.1) is 0 Å². The number of hydrogen-bond donors (Lipinski definition) is 2. The number of carbonyl (C=O) groups excluding carboxylic acids is 1. The average Bonchev–Trinajstić information content (AvgIpc) is 2.34. The largest absolute Gasteiger partial charge is 0.479 e. The smallest absolute Gasteiger partial charge is 0.332 e. The molecule has 1 rings (SSSR count). The molecule has 0 aliphatic rings. The van der Waals surface area contributed by atoms with E-state index in [9.17, 15) is 9.59 Å². The van der Waals surface area contributed by atoms with Crippen LogP contribution in [0, 0.1) is 6.92 Å². The fourth-order valence-electron chi connectivity index (χ4n) is 1.51. The van der Waals surface area contributed by atoms with Crippen LogP contribution in [0.3, 0.4) is 0 Å². The Kier molecular flexibility index (Phi) is 6.02. The van der Waals surface area contributed by atoms with E-state index >= 15 is 0 Å². The number of hydrogen-bond acceptors (Lipinski definition) is 3. The molecule has 1 amide bonds. The van der Waals surface area contributed by atoms with E-state index in [1.165, 1.54) is 6.92 Å². The minimum atomic E-state index is -0.996. The second-order valence-corrected chi connectivity index (χ2v) is 4.37. The zero-order chi connectivity index (χ0) is 14.3. The highest BCUT2D eigenvalue weighted by atomic mass is 16.5. The molecule has 0 spiro atoms. The molecule has 0 saturated heterocycles. The van der Waals surface area contributed by atoms with Crippen molar-refractivity contribution in [3.8, 4) is 0 Å². The molecule has 1 aromatic rings. The SMILES string of the molecule is Cc1cccc(NC(=O)CCCO[C@@H](C)C(=O)O)c1. The number of anilines is 1. The number of rotatable bonds is 7. The van der Waals surface area contributed by atoms with Gasteiger partial charge in [0.25, 0.3) is 0 Å². The minimum absolute atomic E-state index is 0.0998. The Hall–Kier alpha value is -1.88. The second kappa shape index (κ2) is 7.53. The van der Waals surface area contributed by atoms with E-state index in [-0.39, 0.29) is 12.5 Å². The quantitative estimate of drug-likeness (QED) is 0.741. The summed E-state index contributed by atoms with van der Waals surface area (Å²) < 4.78 is 5.04. The van der Waals surface area contributed by atoms with E-state index in [2.05, 4.69) is 5.32 Å². The molecule has 0 bridgehead atoms. The number of carboxylic acids is 1. The minimum Gasteiger partial charge on any atom is -0.479 e. The number of benzene rings is 1. The Morgan fingerprint density at radius 2 is 2.16 bits per heavy atom. The molecule has 2 N–H and O–H groups in total. The van der Waals surface area contributed by atoms with E-state index in [1.54, 1.807) is 0 Å². The second-order valence-electron chi connectivity index (χ2n) is 4.37. The Morgan fingerprint density at radius 3 is 2.79 bits per heavy atom. The molecule has 0 aromatic heterocycles. The summed E-state index contributed by atoms with van der Waals surface area (Å²) in [6.07, 6.45) is -0.0323. The first kappa shape index (κ1) is 15.2. The van der Waals surface area contributed by atoms with Crippen LogP contribution < -0.4 is 5.32 Å². The van der Waals surface area contributed by atoms with Crippen LogP contribution in [-0.2, 0) is 14.3 Å². The standard InChI is InChI=1S/C14H19NO4/c1-10-5-3-6-12(9-10)15-13(16)7-4-8-19-11(2)14(17)18/h3,5-6,9,11H,4,7-8H2,1-2H3,(H,15,16)(H,17,18)/t11-/m0/s1. The van der Waals surface area contributed by atoms with Gasteiger partial charge in [0.2, 0.25) is 5.91 Å². The van der Waals surface area contributed by atoms with Crippen LogP contribution in [0.4, 0.5) is 5.69 Å².